The summed E-state index contributed by atoms with van der Waals surface area (Å²) in [5, 5.41) is 5.56. The molecule has 0 aliphatic carbocycles. The van der Waals surface area contributed by atoms with E-state index in [4.69, 9.17) is 4.74 Å². The Morgan fingerprint density at radius 3 is 2.93 bits per heavy atom. The van der Waals surface area contributed by atoms with Gasteiger partial charge < -0.3 is 10.1 Å². The van der Waals surface area contributed by atoms with E-state index in [2.05, 4.69) is 23.7 Å². The molecule has 15 heavy (non-hydrogen) atoms. The van der Waals surface area contributed by atoms with Crippen molar-refractivity contribution in [3.05, 3.63) is 21.9 Å². The highest BCUT2D eigenvalue weighted by Gasteiger charge is 2.26. The number of rotatable bonds is 3. The summed E-state index contributed by atoms with van der Waals surface area (Å²) in [5.41, 5.74) is 1.38. The van der Waals surface area contributed by atoms with Gasteiger partial charge in [-0.1, -0.05) is 0 Å². The number of thiophene rings is 1. The van der Waals surface area contributed by atoms with Gasteiger partial charge in [-0.15, -0.1) is 11.3 Å². The fourth-order valence-electron chi connectivity index (χ4n) is 2.22. The third-order valence-corrected chi connectivity index (χ3v) is 4.18. The van der Waals surface area contributed by atoms with Crippen molar-refractivity contribution in [2.45, 2.75) is 38.3 Å². The van der Waals surface area contributed by atoms with Gasteiger partial charge in [-0.2, -0.15) is 0 Å². The topological polar surface area (TPSA) is 21.3 Å². The minimum atomic E-state index is 0.362. The maximum absolute atomic E-state index is 5.85. The minimum absolute atomic E-state index is 0.362. The monoisotopic (exact) mass is 225 g/mol. The van der Waals surface area contributed by atoms with Crippen LogP contribution in [0, 0.1) is 6.92 Å². The molecule has 0 radical (unpaired) electrons. The molecular formula is C12H19NOS. The van der Waals surface area contributed by atoms with Gasteiger partial charge in [0, 0.05) is 11.5 Å². The van der Waals surface area contributed by atoms with Crippen molar-refractivity contribution in [2.24, 2.45) is 0 Å². The number of aryl methyl sites for hydroxylation is 1. The predicted octanol–water partition coefficient (Wildman–Crippen LogP) is 2.89. The van der Waals surface area contributed by atoms with Crippen LogP contribution in [-0.2, 0) is 4.74 Å². The second-order valence-electron chi connectivity index (χ2n) is 4.14. The van der Waals surface area contributed by atoms with E-state index < -0.39 is 0 Å². The van der Waals surface area contributed by atoms with Crippen LogP contribution in [0.2, 0.25) is 0 Å². The zero-order valence-electron chi connectivity index (χ0n) is 9.45. The van der Waals surface area contributed by atoms with Gasteiger partial charge in [-0.25, -0.2) is 0 Å². The quantitative estimate of drug-likeness (QED) is 0.854. The van der Waals surface area contributed by atoms with Crippen molar-refractivity contribution in [3.63, 3.8) is 0 Å². The van der Waals surface area contributed by atoms with Crippen molar-refractivity contribution in [1.29, 1.82) is 0 Å². The van der Waals surface area contributed by atoms with Crippen LogP contribution in [0.15, 0.2) is 11.4 Å². The lowest BCUT2D eigenvalue weighted by molar-refractivity contribution is -0.00600. The number of ether oxygens (including phenoxy) is 1. The molecule has 1 N–H and O–H groups in total. The van der Waals surface area contributed by atoms with Gasteiger partial charge in [-0.3, -0.25) is 0 Å². The first kappa shape index (κ1) is 11.1. The normalized spacial score (nSPS) is 24.0. The zero-order chi connectivity index (χ0) is 10.7. The molecule has 1 aliphatic rings. The van der Waals surface area contributed by atoms with E-state index in [1.54, 1.807) is 0 Å². The molecule has 2 atom stereocenters. The van der Waals surface area contributed by atoms with E-state index in [9.17, 15) is 0 Å². The fraction of sp³-hybridized carbons (Fsp3) is 0.667. The lowest BCUT2D eigenvalue weighted by Crippen LogP contribution is -2.33. The van der Waals surface area contributed by atoms with Crippen LogP contribution < -0.4 is 5.32 Å². The molecule has 2 rings (SSSR count). The van der Waals surface area contributed by atoms with E-state index >= 15 is 0 Å². The summed E-state index contributed by atoms with van der Waals surface area (Å²) >= 11 is 1.83. The second kappa shape index (κ2) is 5.10. The summed E-state index contributed by atoms with van der Waals surface area (Å²) in [7, 11) is 2.03. The molecule has 3 heteroatoms. The highest BCUT2D eigenvalue weighted by molar-refractivity contribution is 7.10. The minimum Gasteiger partial charge on any atom is -0.376 e. The predicted molar refractivity (Wildman–Crippen MR) is 64.4 cm³/mol. The highest BCUT2D eigenvalue weighted by Crippen LogP contribution is 2.31. The number of hydrogen-bond acceptors (Lipinski definition) is 3. The lowest BCUT2D eigenvalue weighted by atomic mass is 9.99. The van der Waals surface area contributed by atoms with Crippen LogP contribution in [0.1, 0.15) is 35.7 Å². The van der Waals surface area contributed by atoms with Crippen molar-refractivity contribution in [1.82, 2.24) is 5.32 Å². The molecular weight excluding hydrogens is 206 g/mol. The van der Waals surface area contributed by atoms with Crippen molar-refractivity contribution < 1.29 is 4.74 Å². The van der Waals surface area contributed by atoms with E-state index in [1.165, 1.54) is 29.7 Å². The molecule has 2 heterocycles. The number of nitrogens with one attached hydrogen (secondary N) is 1. The molecule has 2 nitrogen and oxygen atoms in total. The zero-order valence-corrected chi connectivity index (χ0v) is 10.3. The van der Waals surface area contributed by atoms with Crippen LogP contribution in [0.4, 0.5) is 0 Å². The Kier molecular flexibility index (Phi) is 3.78. The molecule has 1 aromatic heterocycles. The summed E-state index contributed by atoms with van der Waals surface area (Å²) in [6, 6.07) is 2.57. The van der Waals surface area contributed by atoms with E-state index in [0.29, 0.717) is 12.1 Å². The Hall–Kier alpha value is -0.380. The molecule has 1 saturated heterocycles. The van der Waals surface area contributed by atoms with E-state index in [0.717, 1.165) is 6.61 Å². The molecule has 0 saturated carbocycles. The van der Waals surface area contributed by atoms with Gasteiger partial charge in [0.25, 0.3) is 0 Å². The highest BCUT2D eigenvalue weighted by atomic mass is 32.1. The first-order valence-corrected chi connectivity index (χ1v) is 6.53. The average Bonchev–Trinajstić information content (AvgIpc) is 2.68. The maximum Gasteiger partial charge on any atom is 0.0777 e. The van der Waals surface area contributed by atoms with Crippen LogP contribution in [0.3, 0.4) is 0 Å². The van der Waals surface area contributed by atoms with Crippen LogP contribution in [0.5, 0.6) is 0 Å². The number of hydrogen-bond donors (Lipinski definition) is 1. The maximum atomic E-state index is 5.85. The Labute approximate surface area is 95.6 Å². The summed E-state index contributed by atoms with van der Waals surface area (Å²) in [6.07, 6.45) is 4.06. The standard InChI is InChI=1S/C12H19NOS/c1-9-6-8-15-12(9)11(13-2)10-5-3-4-7-14-10/h6,8,10-11,13H,3-5,7H2,1-2H3. The summed E-state index contributed by atoms with van der Waals surface area (Å²) < 4.78 is 5.85. The molecule has 1 aromatic rings. The van der Waals surface area contributed by atoms with Crippen LogP contribution in [0.25, 0.3) is 0 Å². The smallest absolute Gasteiger partial charge is 0.0777 e. The summed E-state index contributed by atoms with van der Waals surface area (Å²) in [6.45, 7) is 3.10. The van der Waals surface area contributed by atoms with Gasteiger partial charge in [0.15, 0.2) is 0 Å². The molecule has 2 unspecified atom stereocenters. The first-order valence-electron chi connectivity index (χ1n) is 5.66. The molecule has 1 fully saturated rings. The molecule has 0 spiro atoms. The fourth-order valence-corrected chi connectivity index (χ4v) is 3.31. The Morgan fingerprint density at radius 2 is 2.40 bits per heavy atom. The lowest BCUT2D eigenvalue weighted by Gasteiger charge is -2.30. The molecule has 0 amide bonds. The van der Waals surface area contributed by atoms with Crippen molar-refractivity contribution in [2.75, 3.05) is 13.7 Å². The Morgan fingerprint density at radius 1 is 1.53 bits per heavy atom. The third kappa shape index (κ3) is 2.41. The van der Waals surface area contributed by atoms with Gasteiger partial charge in [-0.05, 0) is 50.2 Å². The van der Waals surface area contributed by atoms with E-state index in [-0.39, 0.29) is 0 Å². The van der Waals surface area contributed by atoms with Crippen LogP contribution in [-0.4, -0.2) is 19.8 Å². The molecule has 0 aromatic carbocycles. The molecule has 0 bridgehead atoms. The second-order valence-corrected chi connectivity index (χ2v) is 5.09. The summed E-state index contributed by atoms with van der Waals surface area (Å²) in [4.78, 5) is 1.43. The van der Waals surface area contributed by atoms with Gasteiger partial charge in [0.2, 0.25) is 0 Å². The van der Waals surface area contributed by atoms with E-state index in [1.807, 2.05) is 18.4 Å². The number of likely N-dealkylation sites (N-methyl/N-ethyl adjacent to an activating group) is 1. The van der Waals surface area contributed by atoms with Crippen LogP contribution >= 0.6 is 11.3 Å². The largest absolute Gasteiger partial charge is 0.376 e. The first-order chi connectivity index (χ1) is 7.33. The SMILES string of the molecule is CNC(c1sccc1C)C1CCCCO1. The van der Waals surface area contributed by atoms with Gasteiger partial charge in [0.05, 0.1) is 12.1 Å². The Balaban J connectivity index is 2.12. The summed E-state index contributed by atoms with van der Waals surface area (Å²) in [5.74, 6) is 0. The third-order valence-electron chi connectivity index (χ3n) is 3.08. The average molecular weight is 225 g/mol. The molecule has 84 valence electrons. The van der Waals surface area contributed by atoms with Crippen molar-refractivity contribution >= 4 is 11.3 Å². The van der Waals surface area contributed by atoms with Gasteiger partial charge >= 0.3 is 0 Å². The molecule has 1 aliphatic heterocycles. The van der Waals surface area contributed by atoms with Gasteiger partial charge in [0.1, 0.15) is 0 Å². The van der Waals surface area contributed by atoms with Crippen molar-refractivity contribution in [3.8, 4) is 0 Å². The Bertz CT molecular complexity index is 304.